The third-order valence-corrected chi connectivity index (χ3v) is 7.75. The Labute approximate surface area is 229 Å². The van der Waals surface area contributed by atoms with E-state index < -0.39 is 43.4 Å². The molecule has 2 aromatic rings. The molecule has 1 fully saturated rings. The Morgan fingerprint density at radius 1 is 1.10 bits per heavy atom. The Morgan fingerprint density at radius 3 is 2.44 bits per heavy atom. The zero-order valence-corrected chi connectivity index (χ0v) is 22.9. The zero-order chi connectivity index (χ0) is 28.4. The number of carbonyl (C=O) groups excluding carboxylic acids is 1. The Morgan fingerprint density at radius 2 is 1.82 bits per heavy atom. The van der Waals surface area contributed by atoms with Gasteiger partial charge in [0.15, 0.2) is 16.9 Å². The van der Waals surface area contributed by atoms with Crippen molar-refractivity contribution in [1.29, 1.82) is 0 Å². The van der Waals surface area contributed by atoms with Crippen molar-refractivity contribution < 1.29 is 44.2 Å². The number of aryl methyl sites for hydroxylation is 1. The van der Waals surface area contributed by atoms with Gasteiger partial charge in [-0.15, -0.1) is 11.8 Å². The molecule has 1 aliphatic carbocycles. The molecule has 4 rings (SSSR count). The Hall–Kier alpha value is -2.87. The second-order valence-electron chi connectivity index (χ2n) is 9.36. The number of hydrogen-bond donors (Lipinski definition) is 5. The molecule has 5 N–H and O–H groups in total. The lowest BCUT2D eigenvalue weighted by molar-refractivity contribution is -0.277. The van der Waals surface area contributed by atoms with Crippen molar-refractivity contribution in [2.24, 2.45) is 0 Å². The first-order chi connectivity index (χ1) is 18.6. The van der Waals surface area contributed by atoms with Crippen molar-refractivity contribution in [2.75, 3.05) is 27.1 Å². The summed E-state index contributed by atoms with van der Waals surface area (Å²) in [5.74, 6) is 0.350. The quantitative estimate of drug-likeness (QED) is 0.302. The molecular formula is C27H33NO10S. The van der Waals surface area contributed by atoms with E-state index in [4.69, 9.17) is 18.9 Å². The van der Waals surface area contributed by atoms with Crippen molar-refractivity contribution in [2.45, 2.75) is 61.4 Å². The number of carbonyl (C=O) groups is 1. The molecule has 0 spiro atoms. The Balaban J connectivity index is 1.89. The maximum Gasteiger partial charge on any atom is 0.229 e. The molecule has 0 aromatic heterocycles. The number of hydrogen-bond acceptors (Lipinski definition) is 11. The molecule has 39 heavy (non-hydrogen) atoms. The summed E-state index contributed by atoms with van der Waals surface area (Å²) < 4.78 is 23.0. The highest BCUT2D eigenvalue weighted by Gasteiger charge is 2.45. The van der Waals surface area contributed by atoms with Crippen LogP contribution >= 0.6 is 11.8 Å². The van der Waals surface area contributed by atoms with E-state index in [-0.39, 0.29) is 22.8 Å². The number of aliphatic hydroxyl groups excluding tert-OH is 4. The van der Waals surface area contributed by atoms with E-state index in [2.05, 4.69) is 5.32 Å². The molecule has 11 nitrogen and oxygen atoms in total. The number of thioether (sulfide) groups is 1. The fourth-order valence-corrected chi connectivity index (χ4v) is 5.55. The van der Waals surface area contributed by atoms with E-state index >= 15 is 0 Å². The molecule has 1 aliphatic heterocycles. The number of rotatable bonds is 7. The topological polar surface area (TPSA) is 164 Å². The van der Waals surface area contributed by atoms with Crippen LogP contribution in [0.4, 0.5) is 0 Å². The molecule has 212 valence electrons. The molecule has 1 saturated heterocycles. The molecular weight excluding hydrogens is 530 g/mol. The monoisotopic (exact) mass is 563 g/mol. The van der Waals surface area contributed by atoms with Crippen molar-refractivity contribution in [3.8, 4) is 28.4 Å². The van der Waals surface area contributed by atoms with Gasteiger partial charge >= 0.3 is 0 Å². The fourth-order valence-electron chi connectivity index (χ4n) is 5.09. The van der Waals surface area contributed by atoms with Crippen molar-refractivity contribution in [3.63, 3.8) is 0 Å². The van der Waals surface area contributed by atoms with Crippen LogP contribution in [-0.2, 0) is 16.0 Å². The minimum atomic E-state index is -1.62. The number of ether oxygens (including phenoxy) is 4. The molecule has 0 radical (unpaired) electrons. The van der Waals surface area contributed by atoms with E-state index in [1.807, 2.05) is 12.3 Å². The lowest BCUT2D eigenvalue weighted by Crippen LogP contribution is -2.60. The minimum Gasteiger partial charge on any atom is -0.492 e. The van der Waals surface area contributed by atoms with Gasteiger partial charge in [-0.3, -0.25) is 9.59 Å². The van der Waals surface area contributed by atoms with Crippen LogP contribution in [-0.4, -0.2) is 84.1 Å². The first-order valence-corrected chi connectivity index (χ1v) is 13.6. The van der Waals surface area contributed by atoms with Crippen LogP contribution in [0.3, 0.4) is 0 Å². The van der Waals surface area contributed by atoms with Gasteiger partial charge in [0.25, 0.3) is 0 Å². The van der Waals surface area contributed by atoms with Crippen molar-refractivity contribution in [3.05, 3.63) is 45.6 Å². The molecule has 0 bridgehead atoms. The van der Waals surface area contributed by atoms with Gasteiger partial charge in [0.2, 0.25) is 17.9 Å². The van der Waals surface area contributed by atoms with Gasteiger partial charge in [-0.05, 0) is 54.0 Å². The molecule has 2 unspecified atom stereocenters. The third kappa shape index (κ3) is 5.58. The van der Waals surface area contributed by atoms with Gasteiger partial charge < -0.3 is 44.7 Å². The molecule has 2 aromatic carbocycles. The summed E-state index contributed by atoms with van der Waals surface area (Å²) in [4.78, 5) is 25.6. The fraction of sp³-hybridized carbons (Fsp3) is 0.481. The number of amides is 1. The van der Waals surface area contributed by atoms with Crippen LogP contribution in [0.5, 0.6) is 17.2 Å². The largest absolute Gasteiger partial charge is 0.492 e. The highest BCUT2D eigenvalue weighted by Crippen LogP contribution is 2.50. The number of aliphatic hydroxyl groups is 4. The standard InChI is InChI=1S/C27H33NO10S/c1-12(30)28-16-7-5-13-9-18(37-27-24(34)23(33)22(32)19(11-29)38-27)25(35-2)26(36-3)21(13)14-6-8-20(39-4)17(31)10-15(14)16/h6,8-10,16,19,22-24,27,29,32-34H,5,7,11H2,1-4H3,(H,28,30)/t16-,19?,22+,23?,24-,27+/m0/s1. The smallest absolute Gasteiger partial charge is 0.229 e. The molecule has 1 amide bonds. The van der Waals surface area contributed by atoms with Crippen LogP contribution in [0.25, 0.3) is 11.1 Å². The number of methoxy groups -OCH3 is 2. The third-order valence-electron chi connectivity index (χ3n) is 6.97. The van der Waals surface area contributed by atoms with E-state index in [1.165, 1.54) is 32.9 Å². The number of benzene rings is 1. The van der Waals surface area contributed by atoms with Crippen LogP contribution < -0.4 is 25.0 Å². The SMILES string of the molecule is COc1c(O[C@@H]2OC(CO)[C@@H](O)C(O)[C@@H]2O)cc2c(c1OC)-c1ccc(SC)c(=O)cc1[C@@H](NC(C)=O)CC2. The van der Waals surface area contributed by atoms with Gasteiger partial charge in [-0.1, -0.05) is 6.07 Å². The van der Waals surface area contributed by atoms with Crippen LogP contribution in [0, 0.1) is 0 Å². The summed E-state index contributed by atoms with van der Waals surface area (Å²) in [6.07, 6.45) is -4.64. The highest BCUT2D eigenvalue weighted by molar-refractivity contribution is 7.98. The molecule has 1 heterocycles. The average Bonchev–Trinajstić information content (AvgIpc) is 3.16. The van der Waals surface area contributed by atoms with Crippen LogP contribution in [0.15, 0.2) is 34.0 Å². The Kier molecular flexibility index (Phi) is 9.04. The summed E-state index contributed by atoms with van der Waals surface area (Å²) >= 11 is 1.32. The first-order valence-electron chi connectivity index (χ1n) is 12.4. The minimum absolute atomic E-state index is 0.131. The maximum atomic E-state index is 13.0. The maximum absolute atomic E-state index is 13.0. The van der Waals surface area contributed by atoms with Gasteiger partial charge in [0.05, 0.1) is 31.8 Å². The van der Waals surface area contributed by atoms with Gasteiger partial charge in [-0.25, -0.2) is 0 Å². The molecule has 0 saturated carbocycles. The zero-order valence-electron chi connectivity index (χ0n) is 22.0. The number of fused-ring (bicyclic) bond motifs is 3. The predicted molar refractivity (Wildman–Crippen MR) is 142 cm³/mol. The lowest BCUT2D eigenvalue weighted by atomic mass is 9.95. The second kappa shape index (κ2) is 12.1. The first kappa shape index (κ1) is 29.1. The van der Waals surface area contributed by atoms with Gasteiger partial charge in [0, 0.05) is 12.5 Å². The summed E-state index contributed by atoms with van der Waals surface area (Å²) in [5.41, 5.74) is 2.55. The van der Waals surface area contributed by atoms with Gasteiger partial charge in [-0.2, -0.15) is 0 Å². The van der Waals surface area contributed by atoms with Gasteiger partial charge in [0.1, 0.15) is 24.4 Å². The van der Waals surface area contributed by atoms with Crippen molar-refractivity contribution >= 4 is 17.7 Å². The van der Waals surface area contributed by atoms with E-state index in [1.54, 1.807) is 18.2 Å². The van der Waals surface area contributed by atoms with Crippen molar-refractivity contribution in [1.82, 2.24) is 5.32 Å². The normalized spacial score (nSPS) is 26.1. The summed E-state index contributed by atoms with van der Waals surface area (Å²) in [6, 6.07) is 6.34. The van der Waals surface area contributed by atoms with E-state index in [0.717, 1.165) is 5.56 Å². The summed E-state index contributed by atoms with van der Waals surface area (Å²) in [7, 11) is 2.87. The molecule has 6 atom stereocenters. The molecule has 2 aliphatic rings. The second-order valence-corrected chi connectivity index (χ2v) is 10.2. The van der Waals surface area contributed by atoms with Crippen LogP contribution in [0.1, 0.15) is 30.5 Å². The Bertz CT molecular complexity index is 1290. The predicted octanol–water partition coefficient (Wildman–Crippen LogP) is 0.755. The van der Waals surface area contributed by atoms with Crippen LogP contribution in [0.2, 0.25) is 0 Å². The summed E-state index contributed by atoms with van der Waals surface area (Å²) in [5, 5.41) is 43.4. The molecule has 12 heteroatoms. The lowest BCUT2D eigenvalue weighted by Gasteiger charge is -2.39. The van der Waals surface area contributed by atoms with E-state index in [9.17, 15) is 30.0 Å². The highest BCUT2D eigenvalue weighted by atomic mass is 32.2. The number of nitrogens with one attached hydrogen (secondary N) is 1. The van der Waals surface area contributed by atoms with E-state index in [0.29, 0.717) is 40.2 Å². The average molecular weight is 564 g/mol. The summed E-state index contributed by atoms with van der Waals surface area (Å²) in [6.45, 7) is 0.815.